The largest absolute Gasteiger partial charge is 0.491 e. The Morgan fingerprint density at radius 1 is 1.47 bits per heavy atom. The molecule has 1 fully saturated rings. The van der Waals surface area contributed by atoms with Gasteiger partial charge in [-0.2, -0.15) is 0 Å². The highest BCUT2D eigenvalue weighted by Crippen LogP contribution is 2.26. The molecule has 1 aromatic rings. The lowest BCUT2D eigenvalue weighted by Crippen LogP contribution is -2.20. The zero-order valence-corrected chi connectivity index (χ0v) is 13.2. The van der Waals surface area contributed by atoms with Crippen LogP contribution < -0.4 is 10.5 Å². The Balaban J connectivity index is 1.98. The second-order valence-electron chi connectivity index (χ2n) is 5.39. The second-order valence-corrected chi connectivity index (χ2v) is 6.31. The number of nitrogens with two attached hydrogens (primary N) is 1. The minimum Gasteiger partial charge on any atom is -0.491 e. The molecule has 1 aromatic carbocycles. The molecular formula is C15H22BrNO2. The van der Waals surface area contributed by atoms with Crippen LogP contribution in [0, 0.1) is 0 Å². The monoisotopic (exact) mass is 327 g/mol. The predicted molar refractivity (Wildman–Crippen MR) is 80.6 cm³/mol. The van der Waals surface area contributed by atoms with Crippen molar-refractivity contribution in [1.29, 1.82) is 0 Å². The third-order valence-corrected chi connectivity index (χ3v) is 3.80. The molecular weight excluding hydrogens is 306 g/mol. The summed E-state index contributed by atoms with van der Waals surface area (Å²) in [5, 5.41) is 0. The van der Waals surface area contributed by atoms with Gasteiger partial charge in [-0.1, -0.05) is 15.9 Å². The van der Waals surface area contributed by atoms with Crippen molar-refractivity contribution in [2.45, 2.75) is 51.4 Å². The Labute approximate surface area is 123 Å². The standard InChI is InChI=1S/C15H22BrNO2/c1-10(17)7-12-8-13(16)4-6-15(12)18-9-14-5-3-11(2)19-14/h4,6,8,10-11,14H,3,5,7,9,17H2,1-2H3. The molecule has 1 aliphatic heterocycles. The molecule has 0 bridgehead atoms. The van der Waals surface area contributed by atoms with Crippen molar-refractivity contribution in [2.75, 3.05) is 6.61 Å². The van der Waals surface area contributed by atoms with Crippen LogP contribution in [0.25, 0.3) is 0 Å². The van der Waals surface area contributed by atoms with Gasteiger partial charge in [0.1, 0.15) is 12.4 Å². The third kappa shape index (κ3) is 4.48. The van der Waals surface area contributed by atoms with Crippen molar-refractivity contribution in [3.8, 4) is 5.75 Å². The van der Waals surface area contributed by atoms with Gasteiger partial charge in [0.25, 0.3) is 0 Å². The van der Waals surface area contributed by atoms with Gasteiger partial charge in [-0.3, -0.25) is 0 Å². The maximum absolute atomic E-state index is 5.92. The zero-order chi connectivity index (χ0) is 13.8. The van der Waals surface area contributed by atoms with E-state index in [9.17, 15) is 0 Å². The molecule has 4 heteroatoms. The van der Waals surface area contributed by atoms with E-state index in [1.807, 2.05) is 19.1 Å². The van der Waals surface area contributed by atoms with Crippen LogP contribution in [0.3, 0.4) is 0 Å². The summed E-state index contributed by atoms with van der Waals surface area (Å²) in [5.41, 5.74) is 7.03. The summed E-state index contributed by atoms with van der Waals surface area (Å²) in [7, 11) is 0. The first-order chi connectivity index (χ1) is 9.04. The lowest BCUT2D eigenvalue weighted by atomic mass is 10.1. The Hall–Kier alpha value is -0.580. The summed E-state index contributed by atoms with van der Waals surface area (Å²) in [6, 6.07) is 6.20. The molecule has 0 saturated carbocycles. The highest BCUT2D eigenvalue weighted by Gasteiger charge is 2.22. The van der Waals surface area contributed by atoms with E-state index in [1.165, 1.54) is 0 Å². The molecule has 0 aromatic heterocycles. The van der Waals surface area contributed by atoms with Crippen LogP contribution in [0.1, 0.15) is 32.3 Å². The Morgan fingerprint density at radius 3 is 2.89 bits per heavy atom. The summed E-state index contributed by atoms with van der Waals surface area (Å²) in [4.78, 5) is 0. The molecule has 0 spiro atoms. The molecule has 0 amide bonds. The summed E-state index contributed by atoms with van der Waals surface area (Å²) in [6.45, 7) is 4.74. The molecule has 3 nitrogen and oxygen atoms in total. The van der Waals surface area contributed by atoms with Crippen LogP contribution in [0.4, 0.5) is 0 Å². The van der Waals surface area contributed by atoms with Crippen LogP contribution in [-0.4, -0.2) is 24.9 Å². The first-order valence-electron chi connectivity index (χ1n) is 6.87. The van der Waals surface area contributed by atoms with E-state index in [4.69, 9.17) is 15.2 Å². The maximum atomic E-state index is 5.92. The molecule has 1 aliphatic rings. The summed E-state index contributed by atoms with van der Waals surface area (Å²) in [5.74, 6) is 0.920. The summed E-state index contributed by atoms with van der Waals surface area (Å²) in [6.07, 6.45) is 3.61. The number of ether oxygens (including phenoxy) is 2. The van der Waals surface area contributed by atoms with E-state index >= 15 is 0 Å². The number of benzene rings is 1. The minimum absolute atomic E-state index is 0.124. The van der Waals surface area contributed by atoms with Gasteiger partial charge in [0.2, 0.25) is 0 Å². The number of hydrogen-bond acceptors (Lipinski definition) is 3. The fourth-order valence-electron chi connectivity index (χ4n) is 2.39. The van der Waals surface area contributed by atoms with Crippen LogP contribution >= 0.6 is 15.9 Å². The van der Waals surface area contributed by atoms with Crippen molar-refractivity contribution in [1.82, 2.24) is 0 Å². The molecule has 3 unspecified atom stereocenters. The van der Waals surface area contributed by atoms with E-state index in [0.717, 1.165) is 35.0 Å². The average molecular weight is 328 g/mol. The van der Waals surface area contributed by atoms with Gasteiger partial charge in [0.15, 0.2) is 0 Å². The second kappa shape index (κ2) is 6.73. The normalized spacial score (nSPS) is 24.4. The molecule has 1 saturated heterocycles. The van der Waals surface area contributed by atoms with Gasteiger partial charge >= 0.3 is 0 Å². The molecule has 106 valence electrons. The Morgan fingerprint density at radius 2 is 2.26 bits per heavy atom. The van der Waals surface area contributed by atoms with Crippen LogP contribution in [0.2, 0.25) is 0 Å². The number of halogens is 1. The summed E-state index contributed by atoms with van der Waals surface area (Å²) < 4.78 is 12.7. The first-order valence-corrected chi connectivity index (χ1v) is 7.66. The van der Waals surface area contributed by atoms with Crippen LogP contribution in [0.5, 0.6) is 5.75 Å². The van der Waals surface area contributed by atoms with Gasteiger partial charge in [-0.05, 0) is 56.9 Å². The van der Waals surface area contributed by atoms with E-state index in [1.54, 1.807) is 0 Å². The molecule has 2 rings (SSSR count). The van der Waals surface area contributed by atoms with Crippen molar-refractivity contribution in [3.63, 3.8) is 0 Å². The van der Waals surface area contributed by atoms with Gasteiger partial charge < -0.3 is 15.2 Å². The lowest BCUT2D eigenvalue weighted by Gasteiger charge is -2.16. The Kier molecular flexibility index (Phi) is 5.25. The smallest absolute Gasteiger partial charge is 0.122 e. The van der Waals surface area contributed by atoms with Crippen LogP contribution in [0.15, 0.2) is 22.7 Å². The lowest BCUT2D eigenvalue weighted by molar-refractivity contribution is 0.0262. The van der Waals surface area contributed by atoms with Crippen LogP contribution in [-0.2, 0) is 11.2 Å². The third-order valence-electron chi connectivity index (χ3n) is 3.31. The number of hydrogen-bond donors (Lipinski definition) is 1. The molecule has 2 N–H and O–H groups in total. The van der Waals surface area contributed by atoms with Crippen molar-refractivity contribution < 1.29 is 9.47 Å². The average Bonchev–Trinajstić information content (AvgIpc) is 2.73. The van der Waals surface area contributed by atoms with Crippen molar-refractivity contribution in [2.24, 2.45) is 5.73 Å². The minimum atomic E-state index is 0.124. The van der Waals surface area contributed by atoms with Crippen molar-refractivity contribution >= 4 is 15.9 Å². The fourth-order valence-corrected chi connectivity index (χ4v) is 2.79. The summed E-state index contributed by atoms with van der Waals surface area (Å²) >= 11 is 3.49. The highest BCUT2D eigenvalue weighted by molar-refractivity contribution is 9.10. The van der Waals surface area contributed by atoms with E-state index in [0.29, 0.717) is 12.7 Å². The molecule has 0 aliphatic carbocycles. The molecule has 1 heterocycles. The molecule has 19 heavy (non-hydrogen) atoms. The van der Waals surface area contributed by atoms with Gasteiger partial charge in [-0.15, -0.1) is 0 Å². The van der Waals surface area contributed by atoms with Gasteiger partial charge in [0, 0.05) is 10.5 Å². The van der Waals surface area contributed by atoms with E-state index < -0.39 is 0 Å². The van der Waals surface area contributed by atoms with E-state index in [-0.39, 0.29) is 12.1 Å². The van der Waals surface area contributed by atoms with Crippen molar-refractivity contribution in [3.05, 3.63) is 28.2 Å². The topological polar surface area (TPSA) is 44.5 Å². The maximum Gasteiger partial charge on any atom is 0.122 e. The first kappa shape index (κ1) is 14.8. The Bertz CT molecular complexity index is 423. The molecule has 3 atom stereocenters. The predicted octanol–water partition coefficient (Wildman–Crippen LogP) is 3.29. The fraction of sp³-hybridized carbons (Fsp3) is 0.600. The number of rotatable bonds is 5. The quantitative estimate of drug-likeness (QED) is 0.902. The zero-order valence-electron chi connectivity index (χ0n) is 11.6. The van der Waals surface area contributed by atoms with E-state index in [2.05, 4.69) is 28.9 Å². The van der Waals surface area contributed by atoms with Gasteiger partial charge in [0.05, 0.1) is 12.2 Å². The van der Waals surface area contributed by atoms with Gasteiger partial charge in [-0.25, -0.2) is 0 Å². The molecule has 0 radical (unpaired) electrons. The highest BCUT2D eigenvalue weighted by atomic mass is 79.9. The SMILES string of the molecule is CC(N)Cc1cc(Br)ccc1OCC1CCC(C)O1.